The minimum Gasteiger partial charge on any atom is -0.493 e. The maximum Gasteiger partial charge on any atom is 0.163 e. The van der Waals surface area contributed by atoms with Crippen LogP contribution in [0, 0.1) is 0 Å². The van der Waals surface area contributed by atoms with E-state index < -0.39 is 0 Å². The maximum absolute atomic E-state index is 6.01. The SMILES string of the molecule is CCOc1cc(NCc2ccc(Cl)c(Cl)c2)ccc1OC. The molecule has 0 aliphatic carbocycles. The summed E-state index contributed by atoms with van der Waals surface area (Å²) in [7, 11) is 1.63. The fourth-order valence-electron chi connectivity index (χ4n) is 1.91. The molecule has 0 bridgehead atoms. The van der Waals surface area contributed by atoms with E-state index in [0.717, 1.165) is 22.7 Å². The first-order valence-electron chi connectivity index (χ1n) is 6.62. The molecule has 0 heterocycles. The third kappa shape index (κ3) is 4.19. The Kier molecular flexibility index (Phi) is 5.59. The number of halogens is 2. The Bertz CT molecular complexity index is 617. The van der Waals surface area contributed by atoms with Gasteiger partial charge in [0.25, 0.3) is 0 Å². The quantitative estimate of drug-likeness (QED) is 0.809. The third-order valence-corrected chi connectivity index (χ3v) is 3.68. The molecule has 0 saturated heterocycles. The first-order valence-corrected chi connectivity index (χ1v) is 7.38. The second-order valence-corrected chi connectivity index (χ2v) is 5.22. The Hall–Kier alpha value is -1.58. The summed E-state index contributed by atoms with van der Waals surface area (Å²) in [6.07, 6.45) is 0. The first kappa shape index (κ1) is 15.8. The Balaban J connectivity index is 2.08. The highest BCUT2D eigenvalue weighted by molar-refractivity contribution is 6.42. The Morgan fingerprint density at radius 2 is 1.81 bits per heavy atom. The highest BCUT2D eigenvalue weighted by atomic mass is 35.5. The van der Waals surface area contributed by atoms with Gasteiger partial charge in [-0.05, 0) is 36.8 Å². The van der Waals surface area contributed by atoms with Crippen LogP contribution in [-0.2, 0) is 6.54 Å². The van der Waals surface area contributed by atoms with Crippen molar-refractivity contribution in [3.63, 3.8) is 0 Å². The van der Waals surface area contributed by atoms with Gasteiger partial charge in [0.2, 0.25) is 0 Å². The summed E-state index contributed by atoms with van der Waals surface area (Å²) in [5.74, 6) is 1.44. The fraction of sp³-hybridized carbons (Fsp3) is 0.250. The van der Waals surface area contributed by atoms with Gasteiger partial charge in [0.1, 0.15) is 0 Å². The lowest BCUT2D eigenvalue weighted by molar-refractivity contribution is 0.311. The summed E-state index contributed by atoms with van der Waals surface area (Å²) < 4.78 is 10.8. The van der Waals surface area contributed by atoms with Gasteiger partial charge in [0.05, 0.1) is 23.8 Å². The van der Waals surface area contributed by atoms with Crippen LogP contribution in [0.5, 0.6) is 11.5 Å². The van der Waals surface area contributed by atoms with Gasteiger partial charge in [-0.3, -0.25) is 0 Å². The molecule has 0 aliphatic rings. The highest BCUT2D eigenvalue weighted by Crippen LogP contribution is 2.30. The van der Waals surface area contributed by atoms with Crippen LogP contribution in [0.25, 0.3) is 0 Å². The fourth-order valence-corrected chi connectivity index (χ4v) is 2.23. The molecule has 0 radical (unpaired) electrons. The number of ether oxygens (including phenoxy) is 2. The number of nitrogens with one attached hydrogen (secondary N) is 1. The second-order valence-electron chi connectivity index (χ2n) is 4.40. The van der Waals surface area contributed by atoms with Gasteiger partial charge >= 0.3 is 0 Å². The van der Waals surface area contributed by atoms with Crippen LogP contribution in [0.4, 0.5) is 5.69 Å². The van der Waals surface area contributed by atoms with E-state index in [1.54, 1.807) is 13.2 Å². The van der Waals surface area contributed by atoms with Gasteiger partial charge < -0.3 is 14.8 Å². The topological polar surface area (TPSA) is 30.5 Å². The Morgan fingerprint density at radius 3 is 2.48 bits per heavy atom. The van der Waals surface area contributed by atoms with Crippen molar-refractivity contribution in [2.45, 2.75) is 13.5 Å². The second kappa shape index (κ2) is 7.43. The third-order valence-electron chi connectivity index (χ3n) is 2.94. The average Bonchev–Trinajstić information content (AvgIpc) is 2.49. The molecular formula is C16H17Cl2NO2. The predicted molar refractivity (Wildman–Crippen MR) is 88.0 cm³/mol. The molecule has 21 heavy (non-hydrogen) atoms. The monoisotopic (exact) mass is 325 g/mol. The number of hydrogen-bond donors (Lipinski definition) is 1. The molecule has 0 atom stereocenters. The molecule has 5 heteroatoms. The van der Waals surface area contributed by atoms with Gasteiger partial charge in [0, 0.05) is 18.3 Å². The first-order chi connectivity index (χ1) is 10.1. The predicted octanol–water partition coefficient (Wildman–Crippen LogP) is 5.01. The Labute approximate surface area is 134 Å². The molecule has 0 aromatic heterocycles. The zero-order valence-corrected chi connectivity index (χ0v) is 13.5. The lowest BCUT2D eigenvalue weighted by Crippen LogP contribution is -2.01. The number of rotatable bonds is 6. The van der Waals surface area contributed by atoms with E-state index in [9.17, 15) is 0 Å². The molecule has 0 unspecified atom stereocenters. The normalized spacial score (nSPS) is 10.3. The van der Waals surface area contributed by atoms with Crippen molar-refractivity contribution in [3.8, 4) is 11.5 Å². The zero-order chi connectivity index (χ0) is 15.2. The molecule has 3 nitrogen and oxygen atoms in total. The summed E-state index contributed by atoms with van der Waals surface area (Å²) in [4.78, 5) is 0. The Morgan fingerprint density at radius 1 is 1.00 bits per heavy atom. The van der Waals surface area contributed by atoms with Gasteiger partial charge in [-0.2, -0.15) is 0 Å². The van der Waals surface area contributed by atoms with E-state index >= 15 is 0 Å². The van der Waals surface area contributed by atoms with E-state index in [2.05, 4.69) is 5.32 Å². The average molecular weight is 326 g/mol. The molecule has 0 aliphatic heterocycles. The molecule has 2 rings (SSSR count). The zero-order valence-electron chi connectivity index (χ0n) is 12.0. The van der Waals surface area contributed by atoms with Gasteiger partial charge in [0.15, 0.2) is 11.5 Å². The summed E-state index contributed by atoms with van der Waals surface area (Å²) in [5, 5.41) is 4.44. The molecule has 1 N–H and O–H groups in total. The summed E-state index contributed by atoms with van der Waals surface area (Å²) in [6, 6.07) is 11.3. The summed E-state index contributed by atoms with van der Waals surface area (Å²) in [5.41, 5.74) is 2.00. The highest BCUT2D eigenvalue weighted by Gasteiger charge is 2.05. The minimum atomic E-state index is 0.556. The molecule has 0 amide bonds. The minimum absolute atomic E-state index is 0.556. The molecule has 2 aromatic carbocycles. The lowest BCUT2D eigenvalue weighted by Gasteiger charge is -2.12. The molecule has 0 fully saturated rings. The molecule has 2 aromatic rings. The van der Waals surface area contributed by atoms with Crippen molar-refractivity contribution >= 4 is 28.9 Å². The van der Waals surface area contributed by atoms with Crippen LogP contribution in [0.2, 0.25) is 10.0 Å². The van der Waals surface area contributed by atoms with Crippen molar-refractivity contribution in [2.24, 2.45) is 0 Å². The van der Waals surface area contributed by atoms with Gasteiger partial charge in [-0.25, -0.2) is 0 Å². The van der Waals surface area contributed by atoms with Crippen molar-refractivity contribution < 1.29 is 9.47 Å². The van der Waals surface area contributed by atoms with Crippen molar-refractivity contribution in [2.75, 3.05) is 19.0 Å². The van der Waals surface area contributed by atoms with Crippen molar-refractivity contribution in [1.82, 2.24) is 0 Å². The van der Waals surface area contributed by atoms with E-state index in [0.29, 0.717) is 23.2 Å². The van der Waals surface area contributed by atoms with E-state index in [1.165, 1.54) is 0 Å². The molecular weight excluding hydrogens is 309 g/mol. The van der Waals surface area contributed by atoms with Crippen LogP contribution in [0.15, 0.2) is 36.4 Å². The number of benzene rings is 2. The summed E-state index contributed by atoms with van der Waals surface area (Å²) in [6.45, 7) is 3.18. The number of hydrogen-bond acceptors (Lipinski definition) is 3. The standard InChI is InChI=1S/C16H17Cl2NO2/c1-3-21-16-9-12(5-7-15(16)20-2)19-10-11-4-6-13(17)14(18)8-11/h4-9,19H,3,10H2,1-2H3. The van der Waals surface area contributed by atoms with Crippen LogP contribution in [0.3, 0.4) is 0 Å². The van der Waals surface area contributed by atoms with Crippen molar-refractivity contribution in [1.29, 1.82) is 0 Å². The number of methoxy groups -OCH3 is 1. The van der Waals surface area contributed by atoms with E-state index in [1.807, 2.05) is 37.3 Å². The maximum atomic E-state index is 6.01. The van der Waals surface area contributed by atoms with Crippen LogP contribution in [0.1, 0.15) is 12.5 Å². The smallest absolute Gasteiger partial charge is 0.163 e. The van der Waals surface area contributed by atoms with E-state index in [-0.39, 0.29) is 0 Å². The van der Waals surface area contributed by atoms with Crippen molar-refractivity contribution in [3.05, 3.63) is 52.0 Å². The molecule has 0 saturated carbocycles. The molecule has 0 spiro atoms. The van der Waals surface area contributed by atoms with Crippen LogP contribution < -0.4 is 14.8 Å². The van der Waals surface area contributed by atoms with Gasteiger partial charge in [-0.15, -0.1) is 0 Å². The van der Waals surface area contributed by atoms with Crippen LogP contribution in [-0.4, -0.2) is 13.7 Å². The molecule has 112 valence electrons. The largest absolute Gasteiger partial charge is 0.493 e. The lowest BCUT2D eigenvalue weighted by atomic mass is 10.2. The number of anilines is 1. The van der Waals surface area contributed by atoms with Crippen LogP contribution >= 0.6 is 23.2 Å². The summed E-state index contributed by atoms with van der Waals surface area (Å²) >= 11 is 11.9. The van der Waals surface area contributed by atoms with E-state index in [4.69, 9.17) is 32.7 Å². The van der Waals surface area contributed by atoms with Gasteiger partial charge in [-0.1, -0.05) is 29.3 Å².